The van der Waals surface area contributed by atoms with Gasteiger partial charge in [-0.15, -0.1) is 11.6 Å². The molecule has 0 aliphatic carbocycles. The molecule has 0 saturated carbocycles. The van der Waals surface area contributed by atoms with Gasteiger partial charge in [-0.25, -0.2) is 14.6 Å². The van der Waals surface area contributed by atoms with Gasteiger partial charge in [0.2, 0.25) is 0 Å². The Bertz CT molecular complexity index is 516. The van der Waals surface area contributed by atoms with Gasteiger partial charge < -0.3 is 5.01 Å². The Balaban J connectivity index is 2.11. The third kappa shape index (κ3) is 1.86. The SMILES string of the molecule is ClCc1nc2cccnc2n1N1CCCCC1. The van der Waals surface area contributed by atoms with Gasteiger partial charge in [0.1, 0.15) is 11.3 Å². The second-order valence-corrected chi connectivity index (χ2v) is 4.60. The third-order valence-corrected chi connectivity index (χ3v) is 3.43. The molecule has 0 spiro atoms. The van der Waals surface area contributed by atoms with Crippen LogP contribution in [0, 0.1) is 0 Å². The Labute approximate surface area is 105 Å². The van der Waals surface area contributed by atoms with Crippen LogP contribution in [0.15, 0.2) is 18.3 Å². The maximum absolute atomic E-state index is 5.98. The van der Waals surface area contributed by atoms with Crippen molar-refractivity contribution < 1.29 is 0 Å². The van der Waals surface area contributed by atoms with Crippen molar-refractivity contribution >= 4 is 22.8 Å². The average molecular weight is 251 g/mol. The monoisotopic (exact) mass is 250 g/mol. The van der Waals surface area contributed by atoms with E-state index in [0.717, 1.165) is 30.1 Å². The zero-order valence-corrected chi connectivity index (χ0v) is 10.4. The minimum absolute atomic E-state index is 0.423. The maximum atomic E-state index is 5.98. The molecule has 3 heterocycles. The summed E-state index contributed by atoms with van der Waals surface area (Å²) < 4.78 is 2.10. The molecular formula is C12H15ClN4. The average Bonchev–Trinajstić information content (AvgIpc) is 2.78. The molecule has 1 fully saturated rings. The Morgan fingerprint density at radius 3 is 2.82 bits per heavy atom. The van der Waals surface area contributed by atoms with Crippen molar-refractivity contribution in [1.29, 1.82) is 0 Å². The number of pyridine rings is 1. The summed E-state index contributed by atoms with van der Waals surface area (Å²) in [5, 5.41) is 2.31. The molecule has 0 radical (unpaired) electrons. The summed E-state index contributed by atoms with van der Waals surface area (Å²) in [6.45, 7) is 2.12. The van der Waals surface area contributed by atoms with Crippen LogP contribution in [0.2, 0.25) is 0 Å². The molecule has 1 saturated heterocycles. The molecular weight excluding hydrogens is 236 g/mol. The van der Waals surface area contributed by atoms with Crippen LogP contribution in [0.1, 0.15) is 25.1 Å². The fourth-order valence-corrected chi connectivity index (χ4v) is 2.58. The molecule has 0 N–H and O–H groups in total. The minimum Gasteiger partial charge on any atom is -0.310 e. The van der Waals surface area contributed by atoms with Gasteiger partial charge in [-0.1, -0.05) is 0 Å². The highest BCUT2D eigenvalue weighted by molar-refractivity contribution is 6.16. The fraction of sp³-hybridized carbons (Fsp3) is 0.500. The summed E-state index contributed by atoms with van der Waals surface area (Å²) in [6.07, 6.45) is 5.58. The Kier molecular flexibility index (Phi) is 2.89. The van der Waals surface area contributed by atoms with Crippen molar-refractivity contribution in [2.45, 2.75) is 25.1 Å². The molecule has 3 rings (SSSR count). The van der Waals surface area contributed by atoms with Gasteiger partial charge >= 0.3 is 0 Å². The largest absolute Gasteiger partial charge is 0.310 e. The second kappa shape index (κ2) is 4.53. The van der Waals surface area contributed by atoms with Crippen LogP contribution in [0.5, 0.6) is 0 Å². The van der Waals surface area contributed by atoms with Crippen molar-refractivity contribution in [1.82, 2.24) is 14.6 Å². The molecule has 0 unspecified atom stereocenters. The van der Waals surface area contributed by atoms with Crippen LogP contribution in [0.4, 0.5) is 0 Å². The van der Waals surface area contributed by atoms with Gasteiger partial charge in [0.15, 0.2) is 5.65 Å². The molecule has 17 heavy (non-hydrogen) atoms. The lowest BCUT2D eigenvalue weighted by Crippen LogP contribution is -2.40. The Hall–Kier alpha value is -1.29. The van der Waals surface area contributed by atoms with Gasteiger partial charge in [0.25, 0.3) is 0 Å². The maximum Gasteiger partial charge on any atom is 0.179 e. The number of alkyl halides is 1. The first-order chi connectivity index (χ1) is 8.40. The van der Waals surface area contributed by atoms with Crippen LogP contribution in [-0.2, 0) is 5.88 Å². The first-order valence-electron chi connectivity index (χ1n) is 6.03. The van der Waals surface area contributed by atoms with Crippen LogP contribution in [0.3, 0.4) is 0 Å². The molecule has 1 aliphatic heterocycles. The summed E-state index contributed by atoms with van der Waals surface area (Å²) in [5.41, 5.74) is 1.85. The van der Waals surface area contributed by atoms with E-state index in [1.165, 1.54) is 19.3 Å². The van der Waals surface area contributed by atoms with E-state index in [-0.39, 0.29) is 0 Å². The Morgan fingerprint density at radius 2 is 2.06 bits per heavy atom. The highest BCUT2D eigenvalue weighted by atomic mass is 35.5. The van der Waals surface area contributed by atoms with Crippen LogP contribution < -0.4 is 5.01 Å². The molecule has 0 aromatic carbocycles. The van der Waals surface area contributed by atoms with E-state index in [0.29, 0.717) is 5.88 Å². The highest BCUT2D eigenvalue weighted by Gasteiger charge is 2.18. The number of hydrogen-bond donors (Lipinski definition) is 0. The Morgan fingerprint density at radius 1 is 1.24 bits per heavy atom. The van der Waals surface area contributed by atoms with Gasteiger partial charge in [0.05, 0.1) is 5.88 Å². The van der Waals surface area contributed by atoms with E-state index in [4.69, 9.17) is 11.6 Å². The van der Waals surface area contributed by atoms with E-state index in [9.17, 15) is 0 Å². The predicted molar refractivity (Wildman–Crippen MR) is 68.9 cm³/mol. The molecule has 5 heteroatoms. The smallest absolute Gasteiger partial charge is 0.179 e. The highest BCUT2D eigenvalue weighted by Crippen LogP contribution is 2.18. The molecule has 0 bridgehead atoms. The second-order valence-electron chi connectivity index (χ2n) is 4.33. The zero-order chi connectivity index (χ0) is 11.7. The van der Waals surface area contributed by atoms with Gasteiger partial charge in [-0.2, -0.15) is 0 Å². The van der Waals surface area contributed by atoms with Crippen molar-refractivity contribution in [2.75, 3.05) is 18.1 Å². The molecule has 1 aliphatic rings. The van der Waals surface area contributed by atoms with Crippen LogP contribution in [0.25, 0.3) is 11.2 Å². The normalized spacial score (nSPS) is 16.6. The number of hydrogen-bond acceptors (Lipinski definition) is 3. The number of nitrogens with zero attached hydrogens (tertiary/aromatic N) is 4. The number of piperidine rings is 1. The number of imidazole rings is 1. The standard InChI is InChI=1S/C12H15ClN4/c13-9-11-15-10-5-4-6-14-12(10)17(11)16-7-2-1-3-8-16/h4-6H,1-3,7-9H2. The zero-order valence-electron chi connectivity index (χ0n) is 9.64. The lowest BCUT2D eigenvalue weighted by molar-refractivity contribution is 0.477. The van der Waals surface area contributed by atoms with Crippen molar-refractivity contribution in [3.63, 3.8) is 0 Å². The summed E-state index contributed by atoms with van der Waals surface area (Å²) in [5.74, 6) is 1.31. The van der Waals surface area contributed by atoms with Gasteiger partial charge in [-0.3, -0.25) is 0 Å². The number of rotatable bonds is 2. The topological polar surface area (TPSA) is 34.0 Å². The van der Waals surface area contributed by atoms with E-state index in [2.05, 4.69) is 19.7 Å². The van der Waals surface area contributed by atoms with E-state index >= 15 is 0 Å². The van der Waals surface area contributed by atoms with Crippen molar-refractivity contribution in [2.24, 2.45) is 0 Å². The number of fused-ring (bicyclic) bond motifs is 1. The minimum atomic E-state index is 0.423. The molecule has 0 atom stereocenters. The van der Waals surface area contributed by atoms with E-state index in [1.807, 2.05) is 18.3 Å². The lowest BCUT2D eigenvalue weighted by Gasteiger charge is -2.30. The molecule has 4 nitrogen and oxygen atoms in total. The molecule has 0 amide bonds. The third-order valence-electron chi connectivity index (χ3n) is 3.20. The number of halogens is 1. The summed E-state index contributed by atoms with van der Waals surface area (Å²) in [7, 11) is 0. The number of aromatic nitrogens is 3. The first kappa shape index (κ1) is 10.8. The summed E-state index contributed by atoms with van der Waals surface area (Å²) in [4.78, 5) is 8.96. The van der Waals surface area contributed by atoms with E-state index < -0.39 is 0 Å². The van der Waals surface area contributed by atoms with Gasteiger partial charge in [-0.05, 0) is 31.4 Å². The van der Waals surface area contributed by atoms with Crippen LogP contribution >= 0.6 is 11.6 Å². The van der Waals surface area contributed by atoms with Crippen LogP contribution in [-0.4, -0.2) is 27.7 Å². The van der Waals surface area contributed by atoms with Crippen molar-refractivity contribution in [3.8, 4) is 0 Å². The molecule has 90 valence electrons. The quantitative estimate of drug-likeness (QED) is 0.767. The van der Waals surface area contributed by atoms with Crippen molar-refractivity contribution in [3.05, 3.63) is 24.2 Å². The molecule has 2 aromatic heterocycles. The molecule has 2 aromatic rings. The van der Waals surface area contributed by atoms with Gasteiger partial charge in [0, 0.05) is 19.3 Å². The van der Waals surface area contributed by atoms with E-state index in [1.54, 1.807) is 0 Å². The summed E-state index contributed by atoms with van der Waals surface area (Å²) >= 11 is 5.98. The lowest BCUT2D eigenvalue weighted by atomic mass is 10.2. The first-order valence-corrected chi connectivity index (χ1v) is 6.57. The predicted octanol–water partition coefficient (Wildman–Crippen LogP) is 2.29. The fourth-order valence-electron chi connectivity index (χ4n) is 2.41. The summed E-state index contributed by atoms with van der Waals surface area (Å²) in [6, 6.07) is 3.90.